The summed E-state index contributed by atoms with van der Waals surface area (Å²) in [6.07, 6.45) is -1.72. The van der Waals surface area contributed by atoms with Gasteiger partial charge in [-0.3, -0.25) is 9.59 Å². The molecule has 0 aliphatic carbocycles. The number of carboxylic acids is 1. The van der Waals surface area contributed by atoms with Gasteiger partial charge in [0.2, 0.25) is 0 Å². The third kappa shape index (κ3) is 6.56. The Balaban J connectivity index is 2.22. The fourth-order valence-corrected chi connectivity index (χ4v) is 2.22. The van der Waals surface area contributed by atoms with Gasteiger partial charge in [0.25, 0.3) is 5.91 Å². The second-order valence-corrected chi connectivity index (χ2v) is 5.21. The zero-order valence-corrected chi connectivity index (χ0v) is 11.9. The predicted molar refractivity (Wildman–Crippen MR) is 70.2 cm³/mol. The molecule has 1 heterocycles. The van der Waals surface area contributed by atoms with Gasteiger partial charge < -0.3 is 10.4 Å². The summed E-state index contributed by atoms with van der Waals surface area (Å²) in [6, 6.07) is 0. The minimum atomic E-state index is -4.53. The van der Waals surface area contributed by atoms with Gasteiger partial charge in [-0.15, -0.1) is 11.3 Å². The number of aromatic nitrogens is 1. The maximum Gasteiger partial charge on any atom is 0.443 e. The van der Waals surface area contributed by atoms with Gasteiger partial charge >= 0.3 is 12.1 Å². The van der Waals surface area contributed by atoms with Crippen LogP contribution in [0.15, 0.2) is 5.38 Å². The van der Waals surface area contributed by atoms with Gasteiger partial charge in [0.05, 0.1) is 0 Å². The van der Waals surface area contributed by atoms with E-state index in [2.05, 4.69) is 10.3 Å². The molecule has 0 unspecified atom stereocenters. The molecular formula is C12H15F3N2O3S. The Labute approximate surface area is 123 Å². The quantitative estimate of drug-likeness (QED) is 0.721. The van der Waals surface area contributed by atoms with E-state index in [-0.39, 0.29) is 12.1 Å². The summed E-state index contributed by atoms with van der Waals surface area (Å²) >= 11 is 0.385. The number of nitrogens with one attached hydrogen (secondary N) is 1. The minimum absolute atomic E-state index is 0.116. The van der Waals surface area contributed by atoms with Crippen LogP contribution in [0.25, 0.3) is 0 Å². The maximum absolute atomic E-state index is 12.3. The Hall–Kier alpha value is -1.64. The van der Waals surface area contributed by atoms with E-state index in [1.807, 2.05) is 0 Å². The summed E-state index contributed by atoms with van der Waals surface area (Å²) in [4.78, 5) is 25.1. The van der Waals surface area contributed by atoms with Crippen molar-refractivity contribution >= 4 is 23.2 Å². The number of hydrogen-bond acceptors (Lipinski definition) is 4. The Bertz CT molecular complexity index is 488. The van der Waals surface area contributed by atoms with Crippen LogP contribution in [-0.4, -0.2) is 28.5 Å². The lowest BCUT2D eigenvalue weighted by atomic mass is 10.1. The monoisotopic (exact) mass is 324 g/mol. The van der Waals surface area contributed by atoms with E-state index < -0.39 is 23.1 Å². The number of hydrogen-bond donors (Lipinski definition) is 2. The Morgan fingerprint density at radius 2 is 1.90 bits per heavy atom. The van der Waals surface area contributed by atoms with Gasteiger partial charge in [0, 0.05) is 18.3 Å². The molecule has 0 saturated carbocycles. The van der Waals surface area contributed by atoms with Crippen LogP contribution in [0.4, 0.5) is 13.2 Å². The molecular weight excluding hydrogens is 309 g/mol. The number of amides is 1. The predicted octanol–water partition coefficient (Wildman–Crippen LogP) is 2.93. The van der Waals surface area contributed by atoms with Crippen LogP contribution >= 0.6 is 11.3 Å². The summed E-state index contributed by atoms with van der Waals surface area (Å²) < 4.78 is 37.0. The van der Waals surface area contributed by atoms with E-state index in [1.165, 1.54) is 0 Å². The molecule has 0 aliphatic rings. The van der Waals surface area contributed by atoms with E-state index >= 15 is 0 Å². The molecule has 1 rings (SSSR count). The number of rotatable bonds is 8. The summed E-state index contributed by atoms with van der Waals surface area (Å²) in [5, 5.41) is 11.0. The van der Waals surface area contributed by atoms with E-state index in [9.17, 15) is 22.8 Å². The fourth-order valence-electron chi connectivity index (χ4n) is 1.56. The number of nitrogens with zero attached hydrogens (tertiary/aromatic N) is 1. The number of alkyl halides is 3. The zero-order chi connectivity index (χ0) is 15.9. The topological polar surface area (TPSA) is 79.3 Å². The highest BCUT2D eigenvalue weighted by molar-refractivity contribution is 7.09. The number of carbonyl (C=O) groups is 2. The van der Waals surface area contributed by atoms with E-state index in [4.69, 9.17) is 5.11 Å². The first-order chi connectivity index (χ1) is 9.80. The molecule has 0 saturated heterocycles. The normalized spacial score (nSPS) is 11.4. The van der Waals surface area contributed by atoms with Crippen LogP contribution in [0.3, 0.4) is 0 Å². The molecule has 0 bridgehead atoms. The Morgan fingerprint density at radius 3 is 2.48 bits per heavy atom. The average Bonchev–Trinajstić information content (AvgIpc) is 2.86. The van der Waals surface area contributed by atoms with Crippen LogP contribution in [0, 0.1) is 0 Å². The summed E-state index contributed by atoms with van der Waals surface area (Å²) in [6.45, 7) is 0.324. The van der Waals surface area contributed by atoms with Crippen LogP contribution < -0.4 is 5.32 Å². The molecule has 1 aromatic heterocycles. The van der Waals surface area contributed by atoms with Gasteiger partial charge in [-0.1, -0.05) is 12.8 Å². The molecule has 0 fully saturated rings. The summed E-state index contributed by atoms with van der Waals surface area (Å²) in [7, 11) is 0. The van der Waals surface area contributed by atoms with Crippen molar-refractivity contribution in [2.45, 2.75) is 38.3 Å². The Kier molecular flexibility index (Phi) is 6.60. The molecule has 1 amide bonds. The van der Waals surface area contributed by atoms with Crippen LogP contribution in [0.1, 0.15) is 47.6 Å². The number of carboxylic acid groups (broad SMARTS) is 1. The summed E-state index contributed by atoms with van der Waals surface area (Å²) in [5.41, 5.74) is -0.238. The summed E-state index contributed by atoms with van der Waals surface area (Å²) in [5.74, 6) is -1.47. The highest BCUT2D eigenvalue weighted by atomic mass is 32.1. The van der Waals surface area contributed by atoms with Gasteiger partial charge in [0.15, 0.2) is 5.01 Å². The SMILES string of the molecule is O=C(O)CCCCCCNC(=O)c1csc(C(F)(F)F)n1. The third-order valence-electron chi connectivity index (χ3n) is 2.58. The first kappa shape index (κ1) is 17.4. The van der Waals surface area contributed by atoms with Crippen molar-refractivity contribution in [3.05, 3.63) is 16.1 Å². The number of unbranched alkanes of at least 4 members (excludes halogenated alkanes) is 3. The van der Waals surface area contributed by atoms with E-state index in [0.29, 0.717) is 30.7 Å². The molecule has 118 valence electrons. The van der Waals surface area contributed by atoms with Gasteiger partial charge in [-0.2, -0.15) is 13.2 Å². The molecule has 5 nitrogen and oxygen atoms in total. The number of carbonyl (C=O) groups excluding carboxylic acids is 1. The molecule has 0 spiro atoms. The lowest BCUT2D eigenvalue weighted by Crippen LogP contribution is -2.25. The number of halogens is 3. The minimum Gasteiger partial charge on any atom is -0.481 e. The highest BCUT2D eigenvalue weighted by Gasteiger charge is 2.35. The van der Waals surface area contributed by atoms with E-state index in [0.717, 1.165) is 18.2 Å². The second kappa shape index (κ2) is 7.96. The van der Waals surface area contributed by atoms with Crippen LogP contribution in [0.5, 0.6) is 0 Å². The molecule has 21 heavy (non-hydrogen) atoms. The van der Waals surface area contributed by atoms with Crippen molar-refractivity contribution in [2.24, 2.45) is 0 Å². The first-order valence-electron chi connectivity index (χ1n) is 6.33. The van der Waals surface area contributed by atoms with Crippen LogP contribution in [-0.2, 0) is 11.0 Å². The van der Waals surface area contributed by atoms with E-state index in [1.54, 1.807) is 0 Å². The standard InChI is InChI=1S/C12H15F3N2O3S/c13-12(14,15)11-17-8(7-21-11)10(20)16-6-4-2-1-3-5-9(18)19/h7H,1-6H2,(H,16,20)(H,18,19). The first-order valence-corrected chi connectivity index (χ1v) is 7.21. The maximum atomic E-state index is 12.3. The van der Waals surface area contributed by atoms with Crippen molar-refractivity contribution in [2.75, 3.05) is 6.54 Å². The number of thiazole rings is 1. The van der Waals surface area contributed by atoms with Gasteiger partial charge in [-0.25, -0.2) is 4.98 Å². The van der Waals surface area contributed by atoms with Crippen molar-refractivity contribution in [3.8, 4) is 0 Å². The Morgan fingerprint density at radius 1 is 1.24 bits per heavy atom. The second-order valence-electron chi connectivity index (χ2n) is 4.35. The van der Waals surface area contributed by atoms with Crippen LogP contribution in [0.2, 0.25) is 0 Å². The largest absolute Gasteiger partial charge is 0.481 e. The van der Waals surface area contributed by atoms with Crippen molar-refractivity contribution in [3.63, 3.8) is 0 Å². The lowest BCUT2D eigenvalue weighted by Gasteiger charge is -2.03. The average molecular weight is 324 g/mol. The highest BCUT2D eigenvalue weighted by Crippen LogP contribution is 2.31. The van der Waals surface area contributed by atoms with Crippen molar-refractivity contribution < 1.29 is 27.9 Å². The van der Waals surface area contributed by atoms with Gasteiger partial charge in [0.1, 0.15) is 5.69 Å². The molecule has 0 atom stereocenters. The fraction of sp³-hybridized carbons (Fsp3) is 0.583. The third-order valence-corrected chi connectivity index (χ3v) is 3.47. The molecule has 2 N–H and O–H groups in total. The molecule has 0 aromatic carbocycles. The molecule has 0 radical (unpaired) electrons. The molecule has 9 heteroatoms. The van der Waals surface area contributed by atoms with Crippen molar-refractivity contribution in [1.82, 2.24) is 10.3 Å². The molecule has 1 aromatic rings. The smallest absolute Gasteiger partial charge is 0.443 e. The zero-order valence-electron chi connectivity index (χ0n) is 11.1. The lowest BCUT2D eigenvalue weighted by molar-refractivity contribution is -0.138. The van der Waals surface area contributed by atoms with Gasteiger partial charge in [-0.05, 0) is 12.8 Å². The molecule has 0 aliphatic heterocycles. The van der Waals surface area contributed by atoms with Crippen molar-refractivity contribution in [1.29, 1.82) is 0 Å². The number of aliphatic carboxylic acids is 1.